The van der Waals surface area contributed by atoms with Gasteiger partial charge in [0.2, 0.25) is 1.43 Å². The number of nitrogens with one attached hydrogen (secondary N) is 1. The lowest BCUT2D eigenvalue weighted by Crippen LogP contribution is -2.42. The van der Waals surface area contributed by atoms with Gasteiger partial charge < -0.3 is 42.8 Å². The number of ether oxygens (including phenoxy) is 4. The topological polar surface area (TPSA) is 106 Å². The maximum Gasteiger partial charge on any atom is 0.328 e. The Hall–Kier alpha value is 0.532. The van der Waals surface area contributed by atoms with Crippen LogP contribution in [-0.4, -0.2) is 106 Å². The van der Waals surface area contributed by atoms with Crippen molar-refractivity contribution in [1.29, 1.82) is 4.00 Å². The highest BCUT2D eigenvalue weighted by molar-refractivity contribution is 8.07. The number of fused-ring (bicyclic) bond motifs is 1. The summed E-state index contributed by atoms with van der Waals surface area (Å²) in [6.45, 7) is 5.94. The largest absolute Gasteiger partial charge is 0.427 e. The Morgan fingerprint density at radius 1 is 1.20 bits per heavy atom. The lowest BCUT2D eigenvalue weighted by molar-refractivity contribution is -0.228. The number of hydrogen-bond donors (Lipinski definition) is 2. The van der Waals surface area contributed by atoms with Gasteiger partial charge in [0.25, 0.3) is 0 Å². The molecule has 14 heteroatoms. The van der Waals surface area contributed by atoms with Gasteiger partial charge in [-0.2, -0.15) is 0 Å². The normalized spacial score (nSPS) is 44.6. The average Bonchev–Trinajstić information content (AvgIpc) is 3.78. The molecular formula is C26H48BNO9PSSi. The van der Waals surface area contributed by atoms with Crippen molar-refractivity contribution < 1.29 is 42.1 Å². The number of hydrogen-bond acceptors (Lipinski definition) is 11. The van der Waals surface area contributed by atoms with Gasteiger partial charge in [0, 0.05) is 33.0 Å². The van der Waals surface area contributed by atoms with Crippen molar-refractivity contribution in [3.63, 3.8) is 0 Å². The van der Waals surface area contributed by atoms with Crippen LogP contribution in [0.5, 0.6) is 0 Å². The summed E-state index contributed by atoms with van der Waals surface area (Å²) in [6.07, 6.45) is 2.54. The summed E-state index contributed by atoms with van der Waals surface area (Å²) < 4.78 is 74.4. The second-order valence-corrected chi connectivity index (χ2v) is 16.6. The summed E-state index contributed by atoms with van der Waals surface area (Å²) in [6, 6.07) is 0. The van der Waals surface area contributed by atoms with Gasteiger partial charge in [-0.05, 0) is 58.2 Å². The van der Waals surface area contributed by atoms with E-state index >= 15 is 0 Å². The summed E-state index contributed by atoms with van der Waals surface area (Å²) in [7, 11) is -1.92. The lowest BCUT2D eigenvalue weighted by Gasteiger charge is -2.34. The minimum absolute atomic E-state index is 0.0134. The van der Waals surface area contributed by atoms with Gasteiger partial charge in [-0.15, -0.1) is 0 Å². The minimum Gasteiger partial charge on any atom is -0.427 e. The Bertz CT molecular complexity index is 979. The molecule has 0 aromatic rings. The van der Waals surface area contributed by atoms with Crippen LogP contribution in [0, 0.1) is 11.8 Å². The first-order valence-electron chi connectivity index (χ1n) is 16.4. The third-order valence-electron chi connectivity index (χ3n) is 8.60. The van der Waals surface area contributed by atoms with Crippen LogP contribution in [0.1, 0.15) is 65.7 Å². The van der Waals surface area contributed by atoms with Crippen molar-refractivity contribution >= 4 is 34.8 Å². The van der Waals surface area contributed by atoms with E-state index in [-0.39, 0.29) is 37.4 Å². The molecule has 0 aromatic carbocycles. The summed E-state index contributed by atoms with van der Waals surface area (Å²) >= 11 is 6.16. The standard InChI is InChI=1S/C26H48BNO9PSSi/c1-5-28-13-21-23(24-25(33-21)35-26(34-24)8-6-7-9-26)37-38(39,30-14-18-10-16(2)11-19(18)29)36-20-12-17(3)32-22(20)15-31-40(4)27/h16-25,27-29,40H,5-15H2,1-4H3/t16?,17?,18?,19?,20?,21-,22?,23+,24-,25-,38?,40?/m1/s1/i27T,29T,40D. The molecule has 8 unspecified atom stereocenters. The van der Waals surface area contributed by atoms with Crippen LogP contribution >= 0.6 is 6.72 Å². The first-order chi connectivity index (χ1) is 20.5. The third-order valence-corrected chi connectivity index (χ3v) is 11.5. The van der Waals surface area contributed by atoms with Gasteiger partial charge in [-0.3, -0.25) is 4.52 Å². The second-order valence-electron chi connectivity index (χ2n) is 12.1. The van der Waals surface area contributed by atoms with Crippen LogP contribution < -0.4 is 5.32 Å². The molecule has 0 aromatic heterocycles. The predicted molar refractivity (Wildman–Crippen MR) is 157 cm³/mol. The van der Waals surface area contributed by atoms with Crippen molar-refractivity contribution in [1.82, 2.24) is 5.32 Å². The van der Waals surface area contributed by atoms with E-state index < -0.39 is 52.1 Å². The molecule has 3 aliphatic heterocycles. The van der Waals surface area contributed by atoms with Crippen LogP contribution in [0.25, 0.3) is 0 Å². The highest BCUT2D eigenvalue weighted by Crippen LogP contribution is 2.58. The van der Waals surface area contributed by atoms with Crippen LogP contribution in [0.3, 0.4) is 0 Å². The molecule has 5 fully saturated rings. The molecule has 2 aliphatic carbocycles. The van der Waals surface area contributed by atoms with Crippen molar-refractivity contribution in [2.45, 2.75) is 127 Å². The number of rotatable bonds is 15. The van der Waals surface area contributed by atoms with E-state index in [0.29, 0.717) is 18.9 Å². The molecule has 2 saturated carbocycles. The van der Waals surface area contributed by atoms with Gasteiger partial charge in [0.15, 0.2) is 12.1 Å². The van der Waals surface area contributed by atoms with E-state index in [1.165, 1.54) is 0 Å². The monoisotopic (exact) mass is 625 g/mol. The van der Waals surface area contributed by atoms with E-state index in [0.717, 1.165) is 52.5 Å². The molecule has 229 valence electrons. The Morgan fingerprint density at radius 2 is 2.02 bits per heavy atom. The highest BCUT2D eigenvalue weighted by atomic mass is 32.5. The molecule has 3 saturated heterocycles. The zero-order valence-corrected chi connectivity index (χ0v) is 26.9. The Kier molecular flexibility index (Phi) is 9.58. The molecule has 3 heterocycles. The van der Waals surface area contributed by atoms with E-state index in [1.54, 1.807) is 6.55 Å². The number of aliphatic hydroxyl groups is 1. The fourth-order valence-corrected chi connectivity index (χ4v) is 9.53. The van der Waals surface area contributed by atoms with Crippen molar-refractivity contribution in [3.8, 4) is 0 Å². The van der Waals surface area contributed by atoms with Gasteiger partial charge in [-0.1, -0.05) is 20.4 Å². The number of likely N-dealkylation sites (N-methyl/N-ethyl adjacent to an activating group) is 1. The molecule has 2 N–H and O–H groups in total. The summed E-state index contributed by atoms with van der Waals surface area (Å²) in [4.78, 5) is 0. The molecule has 5 aliphatic rings. The zero-order chi connectivity index (χ0) is 30.8. The fourth-order valence-electron chi connectivity index (χ4n) is 6.64. The maximum absolute atomic E-state index is 8.25. The van der Waals surface area contributed by atoms with E-state index in [1.807, 2.05) is 13.8 Å². The smallest absolute Gasteiger partial charge is 0.328 e. The molecule has 0 bridgehead atoms. The molecule has 10 nitrogen and oxygen atoms in total. The second kappa shape index (κ2) is 13.7. The maximum atomic E-state index is 8.25. The van der Waals surface area contributed by atoms with Crippen LogP contribution in [0.4, 0.5) is 0 Å². The first kappa shape index (κ1) is 28.0. The van der Waals surface area contributed by atoms with Gasteiger partial charge in [0.05, 0.1) is 31.5 Å². The van der Waals surface area contributed by atoms with Crippen LogP contribution in [-0.2, 0) is 48.8 Å². The highest BCUT2D eigenvalue weighted by Gasteiger charge is 2.60. The van der Waals surface area contributed by atoms with E-state index in [9.17, 15) is 0 Å². The summed E-state index contributed by atoms with van der Waals surface area (Å²) in [5.74, 6) is -0.256. The van der Waals surface area contributed by atoms with Crippen molar-refractivity contribution in [3.05, 3.63) is 0 Å². The van der Waals surface area contributed by atoms with Gasteiger partial charge in [0.1, 0.15) is 40.7 Å². The molecule has 5 rings (SSSR count). The minimum atomic E-state index is -3.47. The number of aliphatic hydroxyl groups excluding tert-OH is 1. The molecule has 12 atom stereocenters. The van der Waals surface area contributed by atoms with E-state index in [4.69, 9.17) is 57.9 Å². The van der Waals surface area contributed by atoms with Crippen LogP contribution in [0.15, 0.2) is 0 Å². The SMILES string of the molecule is [2H][Si](C)([B][3H])OCC1OC(C)CC1OP(=S)(OCC1CC(C)CC1O[3H])O[C@@H]1[C@H]2OC3(CCCC3)O[C@H]2O[C@@H]1CNCC. The molecule has 40 heavy (non-hydrogen) atoms. The fraction of sp³-hybridized carbons (Fsp3) is 1.00. The summed E-state index contributed by atoms with van der Waals surface area (Å²) in [5, 5.41) is 8.38. The Labute approximate surface area is 251 Å². The van der Waals surface area contributed by atoms with E-state index in [2.05, 4.69) is 12.2 Å². The lowest BCUT2D eigenvalue weighted by atomic mass is 10.1. The van der Waals surface area contributed by atoms with Gasteiger partial charge >= 0.3 is 6.72 Å². The molecule has 0 amide bonds. The van der Waals surface area contributed by atoms with Crippen molar-refractivity contribution in [2.75, 3.05) is 26.3 Å². The first-order valence-corrected chi connectivity index (χ1v) is 19.5. The molecule has 1 radical (unpaired) electrons. The Balaban J connectivity index is 1.36. The zero-order valence-electron chi connectivity index (χ0n) is 27.2. The van der Waals surface area contributed by atoms with Gasteiger partial charge in [-0.25, -0.2) is 0 Å². The average molecular weight is 626 g/mol. The van der Waals surface area contributed by atoms with Crippen molar-refractivity contribution in [2.24, 2.45) is 11.8 Å². The third kappa shape index (κ3) is 7.60. The molecular weight excluding hydrogens is 572 g/mol. The predicted octanol–water partition coefficient (Wildman–Crippen LogP) is 2.37. The summed E-state index contributed by atoms with van der Waals surface area (Å²) in [5.41, 5.74) is 0. The Morgan fingerprint density at radius 3 is 2.77 bits per heavy atom. The molecule has 1 spiro atoms. The quantitative estimate of drug-likeness (QED) is 0.207. The van der Waals surface area contributed by atoms with Crippen LogP contribution in [0.2, 0.25) is 6.55 Å².